The molecule has 0 spiro atoms. The standard InChI is InChI=1S/C17H14N4/c18-9-13-1-3-14(4-2-13)10-20-16-7-5-15(6-8-16)17-11-19-12-21-17/h1-8,11-12,20H,10H2,(H,19,21). The molecular weight excluding hydrogens is 260 g/mol. The highest BCUT2D eigenvalue weighted by Gasteiger charge is 1.99. The van der Waals surface area contributed by atoms with Gasteiger partial charge in [0, 0.05) is 12.2 Å². The predicted molar refractivity (Wildman–Crippen MR) is 82.5 cm³/mol. The van der Waals surface area contributed by atoms with E-state index in [1.165, 1.54) is 0 Å². The summed E-state index contributed by atoms with van der Waals surface area (Å²) in [7, 11) is 0. The summed E-state index contributed by atoms with van der Waals surface area (Å²) in [6.45, 7) is 0.731. The number of aromatic nitrogens is 2. The molecule has 0 saturated heterocycles. The van der Waals surface area contributed by atoms with Crippen molar-refractivity contribution in [2.24, 2.45) is 0 Å². The molecule has 0 fully saturated rings. The van der Waals surface area contributed by atoms with Crippen molar-refractivity contribution in [2.45, 2.75) is 6.54 Å². The van der Waals surface area contributed by atoms with Gasteiger partial charge in [-0.2, -0.15) is 5.26 Å². The lowest BCUT2D eigenvalue weighted by Gasteiger charge is -2.07. The van der Waals surface area contributed by atoms with Crippen LogP contribution in [0.1, 0.15) is 11.1 Å². The van der Waals surface area contributed by atoms with E-state index < -0.39 is 0 Å². The Labute approximate surface area is 123 Å². The van der Waals surface area contributed by atoms with Crippen LogP contribution in [0.2, 0.25) is 0 Å². The van der Waals surface area contributed by atoms with Gasteiger partial charge < -0.3 is 10.3 Å². The van der Waals surface area contributed by atoms with E-state index in [0.717, 1.165) is 29.1 Å². The molecule has 2 aromatic carbocycles. The van der Waals surface area contributed by atoms with E-state index in [0.29, 0.717) is 5.56 Å². The molecule has 102 valence electrons. The number of hydrogen-bond donors (Lipinski definition) is 2. The molecule has 0 aliphatic carbocycles. The number of imidazole rings is 1. The Balaban J connectivity index is 1.64. The third-order valence-electron chi connectivity index (χ3n) is 3.27. The first-order chi connectivity index (χ1) is 10.3. The third kappa shape index (κ3) is 3.10. The largest absolute Gasteiger partial charge is 0.381 e. The van der Waals surface area contributed by atoms with Crippen LogP contribution in [-0.4, -0.2) is 9.97 Å². The van der Waals surface area contributed by atoms with Crippen LogP contribution in [0.15, 0.2) is 61.1 Å². The lowest BCUT2D eigenvalue weighted by molar-refractivity contribution is 1.15. The average Bonchev–Trinajstić information content (AvgIpc) is 3.08. The molecule has 0 amide bonds. The van der Waals surface area contributed by atoms with Gasteiger partial charge in [0.25, 0.3) is 0 Å². The highest BCUT2D eigenvalue weighted by molar-refractivity contribution is 5.61. The summed E-state index contributed by atoms with van der Waals surface area (Å²) in [6, 6.07) is 17.9. The number of benzene rings is 2. The van der Waals surface area contributed by atoms with E-state index in [9.17, 15) is 0 Å². The first-order valence-corrected chi connectivity index (χ1v) is 6.67. The van der Waals surface area contributed by atoms with Gasteiger partial charge in [-0.3, -0.25) is 0 Å². The fourth-order valence-corrected chi connectivity index (χ4v) is 2.08. The molecule has 21 heavy (non-hydrogen) atoms. The molecule has 0 aliphatic heterocycles. The SMILES string of the molecule is N#Cc1ccc(CNc2ccc(-c3cnc[nH]3)cc2)cc1. The van der Waals surface area contributed by atoms with Crippen LogP contribution >= 0.6 is 0 Å². The number of nitrogens with zero attached hydrogens (tertiary/aromatic N) is 2. The van der Waals surface area contributed by atoms with E-state index in [2.05, 4.69) is 33.5 Å². The Hall–Kier alpha value is -3.06. The highest BCUT2D eigenvalue weighted by atomic mass is 14.9. The number of H-pyrrole nitrogens is 1. The molecule has 2 N–H and O–H groups in total. The molecule has 3 aromatic rings. The van der Waals surface area contributed by atoms with Gasteiger partial charge in [-0.15, -0.1) is 0 Å². The van der Waals surface area contributed by atoms with Crippen molar-refractivity contribution in [1.82, 2.24) is 9.97 Å². The first-order valence-electron chi connectivity index (χ1n) is 6.67. The third-order valence-corrected chi connectivity index (χ3v) is 3.27. The van der Waals surface area contributed by atoms with Crippen molar-refractivity contribution >= 4 is 5.69 Å². The minimum atomic E-state index is 0.683. The Morgan fingerprint density at radius 2 is 1.81 bits per heavy atom. The number of nitrogens with one attached hydrogen (secondary N) is 2. The van der Waals surface area contributed by atoms with Gasteiger partial charge in [-0.25, -0.2) is 4.98 Å². The maximum atomic E-state index is 8.77. The lowest BCUT2D eigenvalue weighted by atomic mass is 10.1. The zero-order valence-corrected chi connectivity index (χ0v) is 11.4. The van der Waals surface area contributed by atoms with E-state index in [4.69, 9.17) is 5.26 Å². The minimum absolute atomic E-state index is 0.683. The molecule has 1 aromatic heterocycles. The predicted octanol–water partition coefficient (Wildman–Crippen LogP) is 3.56. The van der Waals surface area contributed by atoms with Crippen molar-refractivity contribution in [3.63, 3.8) is 0 Å². The van der Waals surface area contributed by atoms with Crippen LogP contribution in [0.25, 0.3) is 11.3 Å². The van der Waals surface area contributed by atoms with Crippen LogP contribution < -0.4 is 5.32 Å². The molecule has 0 unspecified atom stereocenters. The van der Waals surface area contributed by atoms with Gasteiger partial charge in [0.15, 0.2) is 0 Å². The van der Waals surface area contributed by atoms with Gasteiger partial charge in [0.1, 0.15) is 0 Å². The minimum Gasteiger partial charge on any atom is -0.381 e. The molecule has 4 heteroatoms. The van der Waals surface area contributed by atoms with Crippen LogP contribution in [0.4, 0.5) is 5.69 Å². The van der Waals surface area contributed by atoms with Crippen molar-refractivity contribution in [1.29, 1.82) is 5.26 Å². The van der Waals surface area contributed by atoms with Crippen LogP contribution in [0.3, 0.4) is 0 Å². The van der Waals surface area contributed by atoms with Crippen molar-refractivity contribution in [3.05, 3.63) is 72.2 Å². The Morgan fingerprint density at radius 1 is 1.05 bits per heavy atom. The van der Waals surface area contributed by atoms with Crippen LogP contribution in [0, 0.1) is 11.3 Å². The zero-order chi connectivity index (χ0) is 14.5. The fourth-order valence-electron chi connectivity index (χ4n) is 2.08. The summed E-state index contributed by atoms with van der Waals surface area (Å²) in [4.78, 5) is 7.10. The van der Waals surface area contributed by atoms with Crippen molar-refractivity contribution < 1.29 is 0 Å². The number of anilines is 1. The Morgan fingerprint density at radius 3 is 2.43 bits per heavy atom. The number of nitriles is 1. The molecule has 0 atom stereocenters. The molecular formula is C17H14N4. The Kier molecular flexibility index (Phi) is 3.66. The van der Waals surface area contributed by atoms with Crippen molar-refractivity contribution in [3.8, 4) is 17.3 Å². The highest BCUT2D eigenvalue weighted by Crippen LogP contribution is 2.19. The summed E-state index contributed by atoms with van der Waals surface area (Å²) in [5.74, 6) is 0. The normalized spacial score (nSPS) is 10.0. The smallest absolute Gasteiger partial charge is 0.0991 e. The molecule has 1 heterocycles. The maximum absolute atomic E-state index is 8.77. The summed E-state index contributed by atoms with van der Waals surface area (Å²) < 4.78 is 0. The second kappa shape index (κ2) is 5.93. The second-order valence-electron chi connectivity index (χ2n) is 4.70. The molecule has 0 aliphatic rings. The van der Waals surface area contributed by atoms with Gasteiger partial charge in [-0.05, 0) is 35.4 Å². The summed E-state index contributed by atoms with van der Waals surface area (Å²) in [6.07, 6.45) is 3.48. The maximum Gasteiger partial charge on any atom is 0.0991 e. The van der Waals surface area contributed by atoms with E-state index in [1.54, 1.807) is 12.5 Å². The van der Waals surface area contributed by atoms with Crippen LogP contribution in [0.5, 0.6) is 0 Å². The summed E-state index contributed by atoms with van der Waals surface area (Å²) in [5, 5.41) is 12.1. The van der Waals surface area contributed by atoms with Crippen molar-refractivity contribution in [2.75, 3.05) is 5.32 Å². The number of hydrogen-bond acceptors (Lipinski definition) is 3. The first kappa shape index (κ1) is 12.9. The average molecular weight is 274 g/mol. The fraction of sp³-hybridized carbons (Fsp3) is 0.0588. The van der Waals surface area contributed by atoms with Crippen LogP contribution in [-0.2, 0) is 6.54 Å². The number of rotatable bonds is 4. The monoisotopic (exact) mass is 274 g/mol. The molecule has 4 nitrogen and oxygen atoms in total. The van der Waals surface area contributed by atoms with E-state index >= 15 is 0 Å². The lowest BCUT2D eigenvalue weighted by Crippen LogP contribution is -1.99. The number of aromatic amines is 1. The van der Waals surface area contributed by atoms with Gasteiger partial charge >= 0.3 is 0 Å². The topological polar surface area (TPSA) is 64.5 Å². The van der Waals surface area contributed by atoms with E-state index in [-0.39, 0.29) is 0 Å². The summed E-state index contributed by atoms with van der Waals surface area (Å²) >= 11 is 0. The van der Waals surface area contributed by atoms with Gasteiger partial charge in [0.05, 0.1) is 29.9 Å². The summed E-state index contributed by atoms with van der Waals surface area (Å²) in [5.41, 5.74) is 5.00. The second-order valence-corrected chi connectivity index (χ2v) is 4.70. The molecule has 0 radical (unpaired) electrons. The quantitative estimate of drug-likeness (QED) is 0.764. The van der Waals surface area contributed by atoms with Gasteiger partial charge in [-0.1, -0.05) is 24.3 Å². The molecule has 3 rings (SSSR count). The molecule has 0 saturated carbocycles. The zero-order valence-electron chi connectivity index (χ0n) is 11.4. The molecule has 0 bridgehead atoms. The van der Waals surface area contributed by atoms with Gasteiger partial charge in [0.2, 0.25) is 0 Å². The Bertz CT molecular complexity index is 735. The van der Waals surface area contributed by atoms with E-state index in [1.807, 2.05) is 36.4 Å².